The summed E-state index contributed by atoms with van der Waals surface area (Å²) in [4.78, 5) is 37.1. The highest BCUT2D eigenvalue weighted by Gasteiger charge is 2.40. The smallest absolute Gasteiger partial charge is 0.320 e. The number of carbonyl (C=O) groups is 3. The molecule has 0 radical (unpaired) electrons. The number of ether oxygens (including phenoxy) is 1. The molecule has 2 unspecified atom stereocenters. The van der Waals surface area contributed by atoms with E-state index in [4.69, 9.17) is 4.74 Å². The van der Waals surface area contributed by atoms with Gasteiger partial charge in [0.2, 0.25) is 0 Å². The first-order valence-corrected chi connectivity index (χ1v) is 17.0. The Bertz CT molecular complexity index is 1610. The van der Waals surface area contributed by atoms with E-state index >= 15 is 0 Å². The van der Waals surface area contributed by atoms with Crippen molar-refractivity contribution in [1.82, 2.24) is 5.32 Å². The normalized spacial score (nSPS) is 23.1. The van der Waals surface area contributed by atoms with E-state index in [2.05, 4.69) is 51.2 Å². The summed E-state index contributed by atoms with van der Waals surface area (Å²) in [5, 5.41) is 12.8. The van der Waals surface area contributed by atoms with E-state index in [0.29, 0.717) is 24.0 Å². The van der Waals surface area contributed by atoms with E-state index in [0.717, 1.165) is 33.4 Å². The molecular weight excluding hydrogens is 610 g/mol. The van der Waals surface area contributed by atoms with Crippen LogP contribution in [0.4, 0.5) is 0 Å². The van der Waals surface area contributed by atoms with Crippen molar-refractivity contribution in [3.05, 3.63) is 130 Å². The summed E-state index contributed by atoms with van der Waals surface area (Å²) < 4.78 is 5.44. The Balaban J connectivity index is 1.97. The summed E-state index contributed by atoms with van der Waals surface area (Å²) in [7, 11) is 1.67. The summed E-state index contributed by atoms with van der Waals surface area (Å²) in [5.74, 6) is -0.735. The van der Waals surface area contributed by atoms with Gasteiger partial charge in [-0.25, -0.2) is 0 Å². The zero-order valence-corrected chi connectivity index (χ0v) is 31.4. The minimum absolute atomic E-state index is 0.0763. The molecule has 0 aromatic heterocycles. The van der Waals surface area contributed by atoms with E-state index in [1.54, 1.807) is 14.0 Å². The first-order valence-electron chi connectivity index (χ1n) is 17.0. The van der Waals surface area contributed by atoms with Crippen molar-refractivity contribution in [1.29, 1.82) is 0 Å². The van der Waals surface area contributed by atoms with Gasteiger partial charge in [0.1, 0.15) is 6.10 Å². The highest BCUT2D eigenvalue weighted by molar-refractivity contribution is 6.02. The average Bonchev–Trinajstić information content (AvgIpc) is 3.00. The quantitative estimate of drug-likeness (QED) is 0.151. The van der Waals surface area contributed by atoms with Crippen LogP contribution in [0.1, 0.15) is 82.1 Å². The Hall–Kier alpha value is -4.13. The van der Waals surface area contributed by atoms with Gasteiger partial charge in [-0.05, 0) is 88.1 Å². The first kappa shape index (κ1) is 41.0. The van der Waals surface area contributed by atoms with Crippen molar-refractivity contribution in [2.45, 2.75) is 94.3 Å². The largest absolute Gasteiger partial charge is 0.453 e. The van der Waals surface area contributed by atoms with E-state index < -0.39 is 18.2 Å². The topological polar surface area (TPSA) is 92.7 Å². The summed E-state index contributed by atoms with van der Waals surface area (Å²) in [6, 6.07) is 0. The number of hydrogen-bond acceptors (Lipinski definition) is 6. The van der Waals surface area contributed by atoms with Crippen LogP contribution in [0.15, 0.2) is 130 Å². The Morgan fingerprint density at radius 3 is 1.59 bits per heavy atom. The van der Waals surface area contributed by atoms with Crippen LogP contribution in [-0.2, 0) is 19.1 Å². The third kappa shape index (κ3) is 12.7. The summed E-state index contributed by atoms with van der Waals surface area (Å²) >= 11 is 0. The van der Waals surface area contributed by atoms with Gasteiger partial charge in [0.05, 0.1) is 6.54 Å². The molecule has 0 aromatic carbocycles. The fourth-order valence-electron chi connectivity index (χ4n) is 6.04. The number of aliphatic hydroxyl groups is 1. The van der Waals surface area contributed by atoms with Crippen molar-refractivity contribution in [2.75, 3.05) is 13.6 Å². The minimum atomic E-state index is -0.912. The van der Waals surface area contributed by atoms with Crippen LogP contribution in [0.3, 0.4) is 0 Å². The van der Waals surface area contributed by atoms with E-state index in [-0.39, 0.29) is 28.9 Å². The molecule has 264 valence electrons. The van der Waals surface area contributed by atoms with E-state index in [9.17, 15) is 19.5 Å². The molecule has 2 rings (SSSR count). The number of carbonyl (C=O) groups excluding carboxylic acids is 3. The van der Waals surface area contributed by atoms with Gasteiger partial charge in [0.15, 0.2) is 17.7 Å². The molecule has 2 N–H and O–H groups in total. The number of esters is 1. The second kappa shape index (κ2) is 18.6. The number of allylic oxidation sites excluding steroid dienone is 20. The summed E-state index contributed by atoms with van der Waals surface area (Å²) in [6.45, 7) is 20.1. The number of rotatable bonds is 13. The molecule has 0 saturated heterocycles. The Labute approximate surface area is 294 Å². The highest BCUT2D eigenvalue weighted by atomic mass is 16.5. The molecule has 0 bridgehead atoms. The lowest BCUT2D eigenvalue weighted by Crippen LogP contribution is -2.40. The number of likely N-dealkylation sites (N-methyl/N-ethyl adjacent to an activating group) is 1. The SMILES string of the molecule is CNCC(=O)OC1CC(C)(C)C(/C=C/C(C)=C/C=C/C(C)=C/C=C/C=C(C)/C=C/C=C(C)/C=C/C2=C(C)C(=O)C(O)CC2(C)C)=C(C)C1=O. The number of Topliss-reactive ketones (excluding diaryl/α,β-unsaturated/α-hetero) is 2. The molecule has 6 nitrogen and oxygen atoms in total. The van der Waals surface area contributed by atoms with Crippen LogP contribution in [0.2, 0.25) is 0 Å². The van der Waals surface area contributed by atoms with Crippen molar-refractivity contribution in [3.63, 3.8) is 0 Å². The van der Waals surface area contributed by atoms with Crippen LogP contribution >= 0.6 is 0 Å². The maximum atomic E-state index is 12.9. The molecule has 49 heavy (non-hydrogen) atoms. The third-order valence-electron chi connectivity index (χ3n) is 8.89. The molecule has 2 atom stereocenters. The molecule has 0 heterocycles. The molecule has 0 saturated carbocycles. The molecule has 0 aliphatic heterocycles. The average molecular weight is 668 g/mol. The highest BCUT2D eigenvalue weighted by Crippen LogP contribution is 2.41. The third-order valence-corrected chi connectivity index (χ3v) is 8.89. The fourth-order valence-corrected chi connectivity index (χ4v) is 6.04. The van der Waals surface area contributed by atoms with Crippen LogP contribution < -0.4 is 5.32 Å². The molecule has 2 aliphatic rings. The summed E-state index contributed by atoms with van der Waals surface area (Å²) in [6.07, 6.45) is 27.6. The van der Waals surface area contributed by atoms with Crippen LogP contribution in [-0.4, -0.2) is 48.4 Å². The monoisotopic (exact) mass is 667 g/mol. The molecular formula is C43H57NO5. The van der Waals surface area contributed by atoms with Gasteiger partial charge in [0, 0.05) is 6.42 Å². The maximum absolute atomic E-state index is 12.9. The van der Waals surface area contributed by atoms with Crippen LogP contribution in [0.25, 0.3) is 0 Å². The molecule has 0 amide bonds. The predicted molar refractivity (Wildman–Crippen MR) is 203 cm³/mol. The van der Waals surface area contributed by atoms with Gasteiger partial charge in [-0.3, -0.25) is 14.4 Å². The molecule has 0 spiro atoms. The molecule has 0 aromatic rings. The second-order valence-electron chi connectivity index (χ2n) is 14.4. The van der Waals surface area contributed by atoms with Gasteiger partial charge in [-0.2, -0.15) is 0 Å². The Kier molecular flexibility index (Phi) is 15.6. The molecule has 2 aliphatic carbocycles. The lowest BCUT2D eigenvalue weighted by atomic mass is 9.71. The lowest BCUT2D eigenvalue weighted by Gasteiger charge is -2.36. The maximum Gasteiger partial charge on any atom is 0.320 e. The van der Waals surface area contributed by atoms with Gasteiger partial charge < -0.3 is 15.2 Å². The van der Waals surface area contributed by atoms with Crippen molar-refractivity contribution >= 4 is 17.5 Å². The second-order valence-corrected chi connectivity index (χ2v) is 14.4. The van der Waals surface area contributed by atoms with Gasteiger partial charge in [-0.15, -0.1) is 0 Å². The Morgan fingerprint density at radius 2 is 1.12 bits per heavy atom. The van der Waals surface area contributed by atoms with Crippen molar-refractivity contribution < 1.29 is 24.2 Å². The minimum Gasteiger partial charge on any atom is -0.453 e. The lowest BCUT2D eigenvalue weighted by molar-refractivity contribution is -0.155. The Morgan fingerprint density at radius 1 is 0.714 bits per heavy atom. The number of aliphatic hydroxyl groups excluding tert-OH is 1. The number of nitrogens with one attached hydrogen (secondary N) is 1. The standard InChI is InChI=1S/C43H57NO5/c1-29(18-14-20-31(3)22-24-35-33(5)40(47)37(45)26-42(35,7)8)16-12-13-17-30(2)19-15-21-32(4)23-25-36-34(6)41(48)38(27-43(36,9)10)49-39(46)28-44-11/h12-25,37-38,44-45H,26-28H2,1-11H3/b13-12+,18-14+,19-15+,24-22+,25-23+,29-16+,30-17+,31-20+,32-21+. The van der Waals surface area contributed by atoms with Crippen molar-refractivity contribution in [2.24, 2.45) is 10.8 Å². The predicted octanol–water partition coefficient (Wildman–Crippen LogP) is 8.68. The number of hydrogen-bond donors (Lipinski definition) is 2. The molecule has 0 fully saturated rings. The van der Waals surface area contributed by atoms with Crippen LogP contribution in [0.5, 0.6) is 0 Å². The van der Waals surface area contributed by atoms with E-state index in [1.165, 1.54) is 0 Å². The summed E-state index contributed by atoms with van der Waals surface area (Å²) in [5.41, 5.74) is 7.00. The van der Waals surface area contributed by atoms with Crippen LogP contribution in [0, 0.1) is 10.8 Å². The molecule has 6 heteroatoms. The van der Waals surface area contributed by atoms with Gasteiger partial charge in [-0.1, -0.05) is 135 Å². The zero-order valence-electron chi connectivity index (χ0n) is 31.4. The van der Waals surface area contributed by atoms with Gasteiger partial charge in [0.25, 0.3) is 0 Å². The zero-order chi connectivity index (χ0) is 36.9. The van der Waals surface area contributed by atoms with Crippen molar-refractivity contribution in [3.8, 4) is 0 Å². The van der Waals surface area contributed by atoms with E-state index in [1.807, 2.05) is 101 Å². The first-order chi connectivity index (χ1) is 22.9. The van der Waals surface area contributed by atoms with Gasteiger partial charge >= 0.3 is 5.97 Å². The fraction of sp³-hybridized carbons (Fsp3) is 0.419. The number of ketones is 2.